The van der Waals surface area contributed by atoms with E-state index in [-0.39, 0.29) is 41.3 Å². The lowest BCUT2D eigenvalue weighted by molar-refractivity contribution is -0.273. The Hall–Kier alpha value is -3.30. The maximum absolute atomic E-state index is 13.5. The summed E-state index contributed by atoms with van der Waals surface area (Å²) in [6.45, 7) is 0.103. The number of amides is 1. The predicted molar refractivity (Wildman–Crippen MR) is 126 cm³/mol. The van der Waals surface area contributed by atoms with Crippen molar-refractivity contribution in [2.45, 2.75) is 11.7 Å². The molecule has 4 rings (SSSR count). The van der Waals surface area contributed by atoms with Crippen LogP contribution in [0.4, 0.5) is 13.2 Å². The van der Waals surface area contributed by atoms with E-state index >= 15 is 0 Å². The third-order valence-electron chi connectivity index (χ3n) is 5.31. The molecule has 1 aliphatic rings. The van der Waals surface area contributed by atoms with Gasteiger partial charge in [-0.05, 0) is 29.3 Å². The summed E-state index contributed by atoms with van der Waals surface area (Å²) in [5.41, 5.74) is -0.537. The number of hydrogen-bond acceptors (Lipinski definition) is 5. The molecule has 0 atom stereocenters. The molecule has 10 radical (unpaired) electrons. The number of nitrogens with zero attached hydrogens (tertiary/aromatic N) is 3. The molecular formula is C21H11B5F3N3O3. The third kappa shape index (κ3) is 4.79. The van der Waals surface area contributed by atoms with Crippen molar-refractivity contribution >= 4 is 61.5 Å². The molecule has 0 saturated heterocycles. The van der Waals surface area contributed by atoms with Crippen molar-refractivity contribution in [1.29, 1.82) is 0 Å². The fourth-order valence-electron chi connectivity index (χ4n) is 3.65. The topological polar surface area (TPSA) is 64.6 Å². The number of ether oxygens (including phenoxy) is 2. The number of carbonyl (C=O) groups is 1. The fraction of sp³-hybridized carbons (Fsp3) is 0.190. The van der Waals surface area contributed by atoms with E-state index in [1.807, 2.05) is 0 Å². The number of halogens is 3. The highest BCUT2D eigenvalue weighted by Gasteiger charge is 2.37. The van der Waals surface area contributed by atoms with Gasteiger partial charge in [-0.15, -0.1) is 13.2 Å². The van der Waals surface area contributed by atoms with E-state index in [9.17, 15) is 18.0 Å². The van der Waals surface area contributed by atoms with E-state index in [1.54, 1.807) is 12.1 Å². The number of fused-ring (bicyclic) bond motifs is 1. The first-order valence-electron chi connectivity index (χ1n) is 10.1. The van der Waals surface area contributed by atoms with Crippen molar-refractivity contribution in [2.75, 3.05) is 13.2 Å². The van der Waals surface area contributed by atoms with E-state index < -0.39 is 34.3 Å². The largest absolute Gasteiger partial charge is 0.573 e. The van der Waals surface area contributed by atoms with Crippen LogP contribution in [-0.4, -0.2) is 79.5 Å². The Kier molecular flexibility index (Phi) is 6.42. The van der Waals surface area contributed by atoms with Gasteiger partial charge < -0.3 is 14.4 Å². The first-order valence-corrected chi connectivity index (χ1v) is 10.1. The van der Waals surface area contributed by atoms with Gasteiger partial charge in [-0.25, -0.2) is 9.97 Å². The van der Waals surface area contributed by atoms with Crippen LogP contribution >= 0.6 is 0 Å². The van der Waals surface area contributed by atoms with Crippen molar-refractivity contribution < 1.29 is 27.4 Å². The molecule has 0 fully saturated rings. The molecule has 0 saturated carbocycles. The lowest BCUT2D eigenvalue weighted by Gasteiger charge is -2.37. The Labute approximate surface area is 205 Å². The standard InChI is InChI=1S/C21H11B5F3N3O3/c22-13-9-11(15(23)16(24)17(13)35-21(27,28)29)10-2-3-14-12(8-10)18(33)32(6-7-34-14)20(25,26)19-30-4-1-5-31-19/h1-5,8-9H,6-7H2. The molecule has 0 unspecified atom stereocenters. The van der Waals surface area contributed by atoms with E-state index in [0.717, 1.165) is 4.90 Å². The van der Waals surface area contributed by atoms with E-state index in [2.05, 4.69) is 14.7 Å². The second kappa shape index (κ2) is 9.05. The van der Waals surface area contributed by atoms with Gasteiger partial charge in [0.05, 0.1) is 12.1 Å². The highest BCUT2D eigenvalue weighted by atomic mass is 19.4. The number of aromatic nitrogens is 2. The number of alkyl halides is 3. The molecule has 0 N–H and O–H groups in total. The van der Waals surface area contributed by atoms with Crippen molar-refractivity contribution in [3.63, 3.8) is 0 Å². The molecule has 0 spiro atoms. The van der Waals surface area contributed by atoms with Gasteiger partial charge in [-0.3, -0.25) is 4.79 Å². The Morgan fingerprint density at radius 1 is 1.00 bits per heavy atom. The Morgan fingerprint density at radius 2 is 1.69 bits per heavy atom. The number of hydrogen-bond donors (Lipinski definition) is 0. The summed E-state index contributed by atoms with van der Waals surface area (Å²) in [7, 11) is 30.1. The first kappa shape index (κ1) is 24.8. The fourth-order valence-corrected chi connectivity index (χ4v) is 3.65. The summed E-state index contributed by atoms with van der Waals surface area (Å²) in [6.07, 6.45) is -2.15. The van der Waals surface area contributed by atoms with Gasteiger partial charge in [0.1, 0.15) is 63.2 Å². The zero-order chi connectivity index (χ0) is 25.5. The first-order chi connectivity index (χ1) is 16.4. The van der Waals surface area contributed by atoms with Gasteiger partial charge in [0.15, 0.2) is 0 Å². The summed E-state index contributed by atoms with van der Waals surface area (Å²) < 4.78 is 47.8. The van der Waals surface area contributed by atoms with Crippen molar-refractivity contribution in [2.24, 2.45) is 0 Å². The van der Waals surface area contributed by atoms with Gasteiger partial charge in [0.25, 0.3) is 5.91 Å². The normalized spacial score (nSPS) is 14.1. The molecule has 3 aromatic rings. The predicted octanol–water partition coefficient (Wildman–Crippen LogP) is -0.594. The average molecular weight is 464 g/mol. The second-order valence-corrected chi connectivity index (χ2v) is 7.63. The van der Waals surface area contributed by atoms with Crippen molar-refractivity contribution in [3.05, 3.63) is 54.1 Å². The average Bonchev–Trinajstić information content (AvgIpc) is 2.98. The van der Waals surface area contributed by atoms with E-state index in [4.69, 9.17) is 44.0 Å². The second-order valence-electron chi connectivity index (χ2n) is 7.63. The summed E-state index contributed by atoms with van der Waals surface area (Å²) in [5, 5.41) is -1.86. The molecule has 1 aromatic heterocycles. The monoisotopic (exact) mass is 465 g/mol. The molecule has 164 valence electrons. The zero-order valence-corrected chi connectivity index (χ0v) is 18.0. The molecule has 14 heteroatoms. The van der Waals surface area contributed by atoms with Crippen LogP contribution in [0.2, 0.25) is 0 Å². The number of rotatable bonds is 4. The van der Waals surface area contributed by atoms with Crippen LogP contribution in [0.3, 0.4) is 0 Å². The molecule has 2 heterocycles. The quantitative estimate of drug-likeness (QED) is 0.483. The van der Waals surface area contributed by atoms with Crippen LogP contribution in [0, 0.1) is 0 Å². The third-order valence-corrected chi connectivity index (χ3v) is 5.31. The van der Waals surface area contributed by atoms with Crippen LogP contribution in [0.25, 0.3) is 11.1 Å². The van der Waals surface area contributed by atoms with Gasteiger partial charge in [0.2, 0.25) is 0 Å². The van der Waals surface area contributed by atoms with Crippen molar-refractivity contribution in [1.82, 2.24) is 14.9 Å². The maximum atomic E-state index is 13.5. The van der Waals surface area contributed by atoms with Crippen LogP contribution in [0.15, 0.2) is 42.7 Å². The van der Waals surface area contributed by atoms with Crippen LogP contribution in [0.5, 0.6) is 11.5 Å². The van der Waals surface area contributed by atoms with Gasteiger partial charge in [-0.1, -0.05) is 28.5 Å². The molecular weight excluding hydrogens is 453 g/mol. The molecule has 0 bridgehead atoms. The Morgan fingerprint density at radius 3 is 2.34 bits per heavy atom. The molecule has 1 aliphatic heterocycles. The minimum atomic E-state index is -5.02. The van der Waals surface area contributed by atoms with Gasteiger partial charge in [-0.2, -0.15) is 0 Å². The van der Waals surface area contributed by atoms with Crippen LogP contribution in [0.1, 0.15) is 16.2 Å². The summed E-state index contributed by atoms with van der Waals surface area (Å²) in [6, 6.07) is 7.22. The minimum Gasteiger partial charge on any atom is -0.491 e. The minimum absolute atomic E-state index is 0.0120. The highest BCUT2D eigenvalue weighted by Crippen LogP contribution is 2.32. The number of carbonyl (C=O) groups excluding carboxylic acids is 1. The number of benzene rings is 2. The molecule has 1 amide bonds. The SMILES string of the molecule is [B]c1cc(-c2ccc3c(c2)C(=O)N(C([B])([B])c2ncccn2)CCO3)c([B])c([B])c1OC(F)(F)F. The molecule has 35 heavy (non-hydrogen) atoms. The smallest absolute Gasteiger partial charge is 0.491 e. The summed E-state index contributed by atoms with van der Waals surface area (Å²) in [5.74, 6) is -1.15. The van der Waals surface area contributed by atoms with E-state index in [1.165, 1.54) is 30.6 Å². The molecule has 0 aliphatic carbocycles. The van der Waals surface area contributed by atoms with Crippen LogP contribution < -0.4 is 25.9 Å². The lowest BCUT2D eigenvalue weighted by atomic mass is 9.59. The zero-order valence-electron chi connectivity index (χ0n) is 18.0. The van der Waals surface area contributed by atoms with Crippen molar-refractivity contribution in [3.8, 4) is 22.6 Å². The maximum Gasteiger partial charge on any atom is 0.573 e. The molecule has 2 aromatic carbocycles. The summed E-state index contributed by atoms with van der Waals surface area (Å²) in [4.78, 5) is 22.7. The van der Waals surface area contributed by atoms with Crippen LogP contribution in [-0.2, 0) is 5.34 Å². The van der Waals surface area contributed by atoms with Gasteiger partial charge in [0, 0.05) is 17.7 Å². The lowest BCUT2D eigenvalue weighted by Crippen LogP contribution is -2.52. The molecule has 6 nitrogen and oxygen atoms in total. The Balaban J connectivity index is 1.77. The van der Waals surface area contributed by atoms with E-state index in [0.29, 0.717) is 5.56 Å². The highest BCUT2D eigenvalue weighted by molar-refractivity contribution is 6.54. The summed E-state index contributed by atoms with van der Waals surface area (Å²) >= 11 is 0. The Bertz CT molecular complexity index is 1290. The van der Waals surface area contributed by atoms with Gasteiger partial charge >= 0.3 is 6.36 Å².